The number of rotatable bonds is 11. The average molecular weight is 556 g/mol. The molecule has 10 heteroatoms. The van der Waals surface area contributed by atoms with Crippen LogP contribution in [-0.2, 0) is 16.1 Å². The highest BCUT2D eigenvalue weighted by molar-refractivity contribution is 5.86. The van der Waals surface area contributed by atoms with Gasteiger partial charge in [-0.05, 0) is 44.0 Å². The molecule has 1 aromatic heterocycles. The maximum Gasteiger partial charge on any atom is 0.242 e. The van der Waals surface area contributed by atoms with Gasteiger partial charge in [-0.1, -0.05) is 43.0 Å². The molecule has 0 aliphatic carbocycles. The number of nitrogens with one attached hydrogen (secondary N) is 3. The molecule has 2 amide bonds. The molecule has 0 spiro atoms. The number of amides is 2. The predicted molar refractivity (Wildman–Crippen MR) is 158 cm³/mol. The predicted octanol–water partition coefficient (Wildman–Crippen LogP) is 3.34. The number of hydrogen-bond acceptors (Lipinski definition) is 5. The summed E-state index contributed by atoms with van der Waals surface area (Å²) >= 11 is 0. The summed E-state index contributed by atoms with van der Waals surface area (Å²) in [5.74, 6) is 6.67. The molecule has 41 heavy (non-hydrogen) atoms. The van der Waals surface area contributed by atoms with Gasteiger partial charge in [-0.25, -0.2) is 14.4 Å². The Morgan fingerprint density at radius 3 is 2.90 bits per heavy atom. The highest BCUT2D eigenvalue weighted by Gasteiger charge is 2.17. The molecule has 1 saturated heterocycles. The third-order valence-electron chi connectivity index (χ3n) is 6.65. The maximum atomic E-state index is 14.9. The highest BCUT2D eigenvalue weighted by atomic mass is 19.1. The van der Waals surface area contributed by atoms with Crippen LogP contribution in [0.15, 0.2) is 65.9 Å². The van der Waals surface area contributed by atoms with Crippen LogP contribution in [0.4, 0.5) is 4.39 Å². The number of amidine groups is 1. The standard InChI is InChI=1S/C31H34FN7O2/c1-2-16-39(30(41)19-34-21-40)20-29-37-18-28(38-29)23-13-12-22(25(17-23)24-9-3-4-10-26(24)32)8-5-6-14-36-31(33)27-11-7-15-35-27/h3-4,6,9-10,12-14,17-18,21,27,35H,2,7,11,15-16,19-20H2,1H3,(H2,33,36)(H,34,40)(H,37,38)/b14-6+. The maximum absolute atomic E-state index is 14.9. The van der Waals surface area contributed by atoms with Crippen molar-refractivity contribution in [1.29, 1.82) is 0 Å². The molecule has 0 radical (unpaired) electrons. The number of carbonyl (C=O) groups excluding carboxylic acids is 2. The summed E-state index contributed by atoms with van der Waals surface area (Å²) < 4.78 is 14.9. The topological polar surface area (TPSA) is 128 Å². The number of H-pyrrole nitrogens is 1. The van der Waals surface area contributed by atoms with E-state index in [2.05, 4.69) is 37.4 Å². The van der Waals surface area contributed by atoms with Crippen molar-refractivity contribution < 1.29 is 14.0 Å². The van der Waals surface area contributed by atoms with Crippen LogP contribution in [0.3, 0.4) is 0 Å². The Morgan fingerprint density at radius 1 is 1.29 bits per heavy atom. The second-order valence-electron chi connectivity index (χ2n) is 9.59. The summed E-state index contributed by atoms with van der Waals surface area (Å²) in [5, 5.41) is 5.71. The molecule has 0 saturated carbocycles. The van der Waals surface area contributed by atoms with Gasteiger partial charge < -0.3 is 26.3 Å². The smallest absolute Gasteiger partial charge is 0.242 e. The van der Waals surface area contributed by atoms with Crippen LogP contribution in [0.2, 0.25) is 0 Å². The molecule has 2 heterocycles. The summed E-state index contributed by atoms with van der Waals surface area (Å²) in [4.78, 5) is 36.7. The van der Waals surface area contributed by atoms with E-state index in [4.69, 9.17) is 5.73 Å². The Labute approximate surface area is 239 Å². The molecule has 5 N–H and O–H groups in total. The number of allylic oxidation sites excluding steroid dienone is 1. The van der Waals surface area contributed by atoms with Gasteiger partial charge in [0.2, 0.25) is 12.3 Å². The van der Waals surface area contributed by atoms with Crippen molar-refractivity contribution in [2.75, 3.05) is 19.6 Å². The largest absolute Gasteiger partial charge is 0.386 e. The molecule has 1 atom stereocenters. The van der Waals surface area contributed by atoms with E-state index in [9.17, 15) is 14.0 Å². The highest BCUT2D eigenvalue weighted by Crippen LogP contribution is 2.30. The lowest BCUT2D eigenvalue weighted by atomic mass is 9.96. The summed E-state index contributed by atoms with van der Waals surface area (Å²) in [7, 11) is 0. The lowest BCUT2D eigenvalue weighted by molar-refractivity contribution is -0.132. The Morgan fingerprint density at radius 2 is 2.15 bits per heavy atom. The molecule has 212 valence electrons. The van der Waals surface area contributed by atoms with Crippen molar-refractivity contribution in [2.24, 2.45) is 10.7 Å². The van der Waals surface area contributed by atoms with Crippen LogP contribution >= 0.6 is 0 Å². The van der Waals surface area contributed by atoms with Crippen LogP contribution in [0, 0.1) is 17.7 Å². The van der Waals surface area contributed by atoms with Gasteiger partial charge in [-0.3, -0.25) is 9.59 Å². The molecule has 2 aromatic carbocycles. The minimum atomic E-state index is -0.354. The Kier molecular flexibility index (Phi) is 10.4. The minimum Gasteiger partial charge on any atom is -0.386 e. The first-order valence-corrected chi connectivity index (χ1v) is 13.6. The van der Waals surface area contributed by atoms with E-state index in [1.165, 1.54) is 6.07 Å². The number of halogens is 1. The summed E-state index contributed by atoms with van der Waals surface area (Å²) in [6, 6.07) is 12.3. The fraction of sp³-hybridized carbons (Fsp3) is 0.290. The van der Waals surface area contributed by atoms with Gasteiger partial charge in [-0.2, -0.15) is 0 Å². The number of nitrogens with zero attached hydrogens (tertiary/aromatic N) is 3. The van der Waals surface area contributed by atoms with Gasteiger partial charge >= 0.3 is 0 Å². The molecule has 1 fully saturated rings. The zero-order valence-electron chi connectivity index (χ0n) is 23.0. The normalized spacial score (nSPS) is 15.0. The molecule has 4 rings (SSSR count). The van der Waals surface area contributed by atoms with Crippen molar-refractivity contribution in [2.45, 2.75) is 38.8 Å². The number of hydrogen-bond donors (Lipinski definition) is 4. The molecular weight excluding hydrogens is 521 g/mol. The van der Waals surface area contributed by atoms with Crippen LogP contribution in [0.25, 0.3) is 22.4 Å². The summed E-state index contributed by atoms with van der Waals surface area (Å²) in [5.41, 5.74) is 9.27. The van der Waals surface area contributed by atoms with Gasteiger partial charge in [-0.15, -0.1) is 0 Å². The first-order chi connectivity index (χ1) is 20.0. The Bertz CT molecular complexity index is 1480. The fourth-order valence-corrected chi connectivity index (χ4v) is 4.60. The number of imidazole rings is 1. The number of carbonyl (C=O) groups is 2. The molecule has 9 nitrogen and oxygen atoms in total. The molecule has 0 bridgehead atoms. The Hall–Kier alpha value is -4.75. The molecule has 1 unspecified atom stereocenters. The monoisotopic (exact) mass is 555 g/mol. The fourth-order valence-electron chi connectivity index (χ4n) is 4.60. The van der Waals surface area contributed by atoms with Crippen molar-refractivity contribution in [3.8, 4) is 34.2 Å². The summed E-state index contributed by atoms with van der Waals surface area (Å²) in [6.45, 7) is 3.65. The van der Waals surface area contributed by atoms with Crippen molar-refractivity contribution in [1.82, 2.24) is 25.5 Å². The zero-order chi connectivity index (χ0) is 29.0. The van der Waals surface area contributed by atoms with Crippen LogP contribution in [-0.4, -0.2) is 58.7 Å². The second-order valence-corrected chi connectivity index (χ2v) is 9.59. The third-order valence-corrected chi connectivity index (χ3v) is 6.65. The second kappa shape index (κ2) is 14.6. The number of nitrogens with two attached hydrogens (primary N) is 1. The van der Waals surface area contributed by atoms with Gasteiger partial charge in [0.15, 0.2) is 0 Å². The van der Waals surface area contributed by atoms with E-state index < -0.39 is 0 Å². The van der Waals surface area contributed by atoms with Crippen LogP contribution in [0.1, 0.15) is 37.6 Å². The van der Waals surface area contributed by atoms with E-state index >= 15 is 0 Å². The first-order valence-electron chi connectivity index (χ1n) is 13.6. The number of aromatic amines is 1. The quantitative estimate of drug-likeness (QED) is 0.125. The molecule has 3 aromatic rings. The van der Waals surface area contributed by atoms with Gasteiger partial charge in [0.25, 0.3) is 0 Å². The Balaban J connectivity index is 1.58. The van der Waals surface area contributed by atoms with E-state index in [0.717, 1.165) is 37.1 Å². The molecule has 1 aliphatic heterocycles. The average Bonchev–Trinajstić information content (AvgIpc) is 3.69. The molecular formula is C31H34FN7O2. The van der Waals surface area contributed by atoms with Gasteiger partial charge in [0.05, 0.1) is 31.0 Å². The van der Waals surface area contributed by atoms with Crippen LogP contribution < -0.4 is 16.4 Å². The lowest BCUT2D eigenvalue weighted by Crippen LogP contribution is -2.38. The number of aliphatic imine (C=N–C) groups is 1. The van der Waals surface area contributed by atoms with Crippen molar-refractivity contribution >= 4 is 18.2 Å². The van der Waals surface area contributed by atoms with Gasteiger partial charge in [0, 0.05) is 41.1 Å². The van der Waals surface area contributed by atoms with Crippen LogP contribution in [0.5, 0.6) is 0 Å². The van der Waals surface area contributed by atoms with E-state index in [1.54, 1.807) is 41.6 Å². The first kappa shape index (κ1) is 29.2. The number of aromatic nitrogens is 2. The van der Waals surface area contributed by atoms with Crippen molar-refractivity contribution in [3.63, 3.8) is 0 Å². The SMILES string of the molecule is CCCN(Cc1ncc(-c2ccc(C#C/C=C/N=C(N)C3CCCN3)c(-c3ccccc3F)c2)[nH]1)C(=O)CNC=O. The summed E-state index contributed by atoms with van der Waals surface area (Å²) in [6.07, 6.45) is 8.20. The van der Waals surface area contributed by atoms with Gasteiger partial charge in [0.1, 0.15) is 17.5 Å². The minimum absolute atomic E-state index is 0.0712. The van der Waals surface area contributed by atoms with Crippen molar-refractivity contribution in [3.05, 3.63) is 78.1 Å². The number of benzene rings is 2. The van der Waals surface area contributed by atoms with E-state index in [1.807, 2.05) is 25.1 Å². The molecule has 1 aliphatic rings. The lowest BCUT2D eigenvalue weighted by Gasteiger charge is -2.20. The van der Waals surface area contributed by atoms with E-state index in [0.29, 0.717) is 41.3 Å². The zero-order valence-corrected chi connectivity index (χ0v) is 23.0. The third kappa shape index (κ3) is 7.90. The van der Waals surface area contributed by atoms with E-state index in [-0.39, 0.29) is 30.9 Å².